The maximum atomic E-state index is 12.3. The van der Waals surface area contributed by atoms with Gasteiger partial charge in [0.2, 0.25) is 15.9 Å². The third kappa shape index (κ3) is 5.98. The van der Waals surface area contributed by atoms with Crippen LogP contribution in [-0.2, 0) is 19.6 Å². The molecule has 0 aromatic heterocycles. The molecule has 8 heteroatoms. The van der Waals surface area contributed by atoms with Gasteiger partial charge >= 0.3 is 0 Å². The van der Waals surface area contributed by atoms with Gasteiger partial charge in [-0.3, -0.25) is 4.79 Å². The molecule has 0 unspecified atom stereocenters. The molecule has 140 valence electrons. The van der Waals surface area contributed by atoms with Crippen molar-refractivity contribution in [2.75, 3.05) is 59.2 Å². The average molecular weight is 362 g/mol. The fraction of sp³-hybridized carbons (Fsp3) is 0.938. The number of methoxy groups -OCH3 is 1. The molecule has 0 spiro atoms. The molecule has 2 saturated heterocycles. The van der Waals surface area contributed by atoms with E-state index >= 15 is 0 Å². The average Bonchev–Trinajstić information content (AvgIpc) is 2.58. The summed E-state index contributed by atoms with van der Waals surface area (Å²) in [6.45, 7) is 5.53. The molecular formula is C16H31N3O4S. The highest BCUT2D eigenvalue weighted by Crippen LogP contribution is 2.20. The van der Waals surface area contributed by atoms with E-state index in [-0.39, 0.29) is 11.8 Å². The van der Waals surface area contributed by atoms with Crippen molar-refractivity contribution in [3.63, 3.8) is 0 Å². The predicted octanol–water partition coefficient (Wildman–Crippen LogP) is 0.133. The molecule has 2 heterocycles. The van der Waals surface area contributed by atoms with Crippen molar-refractivity contribution >= 4 is 15.9 Å². The fourth-order valence-corrected chi connectivity index (χ4v) is 4.35. The number of likely N-dealkylation sites (tertiary alicyclic amines) is 1. The summed E-state index contributed by atoms with van der Waals surface area (Å²) < 4.78 is 29.6. The molecule has 2 aliphatic heterocycles. The van der Waals surface area contributed by atoms with Gasteiger partial charge in [0.15, 0.2) is 0 Å². The number of ether oxygens (including phenoxy) is 1. The Hall–Kier alpha value is -0.700. The van der Waals surface area contributed by atoms with E-state index < -0.39 is 10.0 Å². The Kier molecular flexibility index (Phi) is 7.46. The van der Waals surface area contributed by atoms with Gasteiger partial charge in [0, 0.05) is 39.2 Å². The van der Waals surface area contributed by atoms with Crippen LogP contribution in [-0.4, -0.2) is 82.8 Å². The molecule has 1 N–H and O–H groups in total. The molecule has 0 bridgehead atoms. The lowest BCUT2D eigenvalue weighted by atomic mass is 9.94. The number of hydrogen-bond acceptors (Lipinski definition) is 5. The number of carbonyl (C=O) groups is 1. The van der Waals surface area contributed by atoms with Gasteiger partial charge in [0.05, 0.1) is 12.9 Å². The van der Waals surface area contributed by atoms with E-state index in [1.54, 1.807) is 7.11 Å². The van der Waals surface area contributed by atoms with Crippen LogP contribution in [0.3, 0.4) is 0 Å². The summed E-state index contributed by atoms with van der Waals surface area (Å²) in [5, 5.41) is 3.08. The number of nitrogens with one attached hydrogen (secondary N) is 1. The summed E-state index contributed by atoms with van der Waals surface area (Å²) in [6.07, 6.45) is 4.68. The molecule has 24 heavy (non-hydrogen) atoms. The lowest BCUT2D eigenvalue weighted by molar-refractivity contribution is -0.126. The second-order valence-corrected chi connectivity index (χ2v) is 8.94. The number of sulfonamides is 1. The normalized spacial score (nSPS) is 22.6. The van der Waals surface area contributed by atoms with Gasteiger partial charge < -0.3 is 15.0 Å². The molecule has 2 fully saturated rings. The minimum Gasteiger partial charge on any atom is -0.383 e. The van der Waals surface area contributed by atoms with Gasteiger partial charge in [-0.1, -0.05) is 0 Å². The minimum absolute atomic E-state index is 0.0511. The molecule has 1 amide bonds. The summed E-state index contributed by atoms with van der Waals surface area (Å²) in [7, 11) is -1.40. The van der Waals surface area contributed by atoms with E-state index in [0.29, 0.717) is 31.8 Å². The van der Waals surface area contributed by atoms with Crippen molar-refractivity contribution < 1.29 is 17.9 Å². The van der Waals surface area contributed by atoms with Crippen LogP contribution in [0.25, 0.3) is 0 Å². The maximum absolute atomic E-state index is 12.3. The number of amides is 1. The summed E-state index contributed by atoms with van der Waals surface area (Å²) >= 11 is 0. The zero-order chi connectivity index (χ0) is 17.6. The van der Waals surface area contributed by atoms with Crippen LogP contribution in [0.15, 0.2) is 0 Å². The maximum Gasteiger partial charge on any atom is 0.223 e. The molecule has 2 rings (SSSR count). The van der Waals surface area contributed by atoms with Crippen molar-refractivity contribution in [1.82, 2.24) is 14.5 Å². The molecule has 0 saturated carbocycles. The van der Waals surface area contributed by atoms with Gasteiger partial charge in [-0.25, -0.2) is 12.7 Å². The quantitative estimate of drug-likeness (QED) is 0.697. The molecule has 0 atom stereocenters. The van der Waals surface area contributed by atoms with Crippen LogP contribution in [0.5, 0.6) is 0 Å². The van der Waals surface area contributed by atoms with E-state index in [1.165, 1.54) is 10.6 Å². The number of carbonyl (C=O) groups excluding carboxylic acids is 1. The first kappa shape index (κ1) is 19.6. The van der Waals surface area contributed by atoms with E-state index in [4.69, 9.17) is 4.74 Å². The lowest BCUT2D eigenvalue weighted by Gasteiger charge is -2.33. The Morgan fingerprint density at radius 1 is 1.12 bits per heavy atom. The first-order valence-corrected chi connectivity index (χ1v) is 10.7. The number of nitrogens with zero attached hydrogens (tertiary/aromatic N) is 2. The highest BCUT2D eigenvalue weighted by atomic mass is 32.2. The molecule has 0 aromatic rings. The number of hydrogen-bond donors (Lipinski definition) is 1. The predicted molar refractivity (Wildman–Crippen MR) is 93.2 cm³/mol. The van der Waals surface area contributed by atoms with Crippen molar-refractivity contribution in [2.24, 2.45) is 11.8 Å². The fourth-order valence-electron chi connectivity index (χ4n) is 3.47. The van der Waals surface area contributed by atoms with Crippen LogP contribution < -0.4 is 5.32 Å². The van der Waals surface area contributed by atoms with Gasteiger partial charge in [-0.05, 0) is 44.7 Å². The van der Waals surface area contributed by atoms with Crippen LogP contribution >= 0.6 is 0 Å². The zero-order valence-corrected chi connectivity index (χ0v) is 15.7. The van der Waals surface area contributed by atoms with E-state index in [2.05, 4.69) is 10.2 Å². The molecule has 0 aliphatic carbocycles. The Morgan fingerprint density at radius 2 is 1.75 bits per heavy atom. The number of piperidine rings is 2. The Labute approximate surface area is 145 Å². The summed E-state index contributed by atoms with van der Waals surface area (Å²) in [5.74, 6) is 0.582. The second kappa shape index (κ2) is 9.12. The van der Waals surface area contributed by atoms with Gasteiger partial charge in [0.25, 0.3) is 0 Å². The van der Waals surface area contributed by atoms with Crippen molar-refractivity contribution in [3.05, 3.63) is 0 Å². The largest absolute Gasteiger partial charge is 0.383 e. The third-order valence-electron chi connectivity index (χ3n) is 5.18. The summed E-state index contributed by atoms with van der Waals surface area (Å²) in [4.78, 5) is 14.7. The van der Waals surface area contributed by atoms with Gasteiger partial charge in [-0.15, -0.1) is 0 Å². The Bertz CT molecular complexity index is 495. The third-order valence-corrected chi connectivity index (χ3v) is 6.48. The smallest absolute Gasteiger partial charge is 0.223 e. The number of rotatable bonds is 7. The second-order valence-electron chi connectivity index (χ2n) is 6.96. The lowest BCUT2D eigenvalue weighted by Crippen LogP contribution is -2.44. The van der Waals surface area contributed by atoms with Crippen LogP contribution in [0.1, 0.15) is 25.7 Å². The summed E-state index contributed by atoms with van der Waals surface area (Å²) in [5.41, 5.74) is 0. The summed E-state index contributed by atoms with van der Waals surface area (Å²) in [6, 6.07) is 0. The van der Waals surface area contributed by atoms with Gasteiger partial charge in [0.1, 0.15) is 0 Å². The highest BCUT2D eigenvalue weighted by Gasteiger charge is 2.29. The monoisotopic (exact) mass is 361 g/mol. The Morgan fingerprint density at radius 3 is 2.29 bits per heavy atom. The zero-order valence-electron chi connectivity index (χ0n) is 14.9. The first-order valence-electron chi connectivity index (χ1n) is 8.84. The molecular weight excluding hydrogens is 330 g/mol. The van der Waals surface area contributed by atoms with Crippen molar-refractivity contribution in [3.8, 4) is 0 Å². The molecule has 7 nitrogen and oxygen atoms in total. The van der Waals surface area contributed by atoms with Crippen LogP contribution in [0, 0.1) is 11.8 Å². The topological polar surface area (TPSA) is 79.0 Å². The van der Waals surface area contributed by atoms with Crippen molar-refractivity contribution in [2.45, 2.75) is 25.7 Å². The minimum atomic E-state index is -3.13. The SMILES string of the molecule is COCCN1CCC(CNC(=O)C2CCN(S(C)(=O)=O)CC2)CC1. The van der Waals surface area contributed by atoms with Gasteiger partial charge in [-0.2, -0.15) is 0 Å². The standard InChI is InChI=1S/C16H31N3O4S/c1-23-12-11-18-7-3-14(4-8-18)13-17-16(20)15-5-9-19(10-6-15)24(2,21)22/h14-15H,3-13H2,1-2H3,(H,17,20). The van der Waals surface area contributed by atoms with E-state index in [1.807, 2.05) is 0 Å². The van der Waals surface area contributed by atoms with Crippen LogP contribution in [0.4, 0.5) is 0 Å². The van der Waals surface area contributed by atoms with Crippen LogP contribution in [0.2, 0.25) is 0 Å². The van der Waals surface area contributed by atoms with E-state index in [9.17, 15) is 13.2 Å². The first-order chi connectivity index (χ1) is 11.4. The molecule has 0 aromatic carbocycles. The van der Waals surface area contributed by atoms with E-state index in [0.717, 1.165) is 45.6 Å². The molecule has 0 radical (unpaired) electrons. The van der Waals surface area contributed by atoms with Crippen molar-refractivity contribution in [1.29, 1.82) is 0 Å². The Balaban J connectivity index is 1.64. The highest BCUT2D eigenvalue weighted by molar-refractivity contribution is 7.88. The molecule has 2 aliphatic rings.